The molecule has 0 aliphatic rings. The topological polar surface area (TPSA) is 89.7 Å². The number of H-pyrrole nitrogens is 1. The van der Waals surface area contributed by atoms with Gasteiger partial charge in [0.05, 0.1) is 19.7 Å². The minimum atomic E-state index is -0.856. The molecule has 0 aliphatic carbocycles. The fourth-order valence-corrected chi connectivity index (χ4v) is 2.53. The summed E-state index contributed by atoms with van der Waals surface area (Å²) >= 11 is 0. The molecule has 0 saturated carbocycles. The number of hydrogen-bond acceptors (Lipinski definition) is 5. The van der Waals surface area contributed by atoms with Crippen molar-refractivity contribution in [1.29, 1.82) is 0 Å². The van der Waals surface area contributed by atoms with Crippen LogP contribution in [-0.4, -0.2) is 42.9 Å². The number of nitrogens with one attached hydrogen (secondary N) is 2. The predicted octanol–water partition coefficient (Wildman–Crippen LogP) is 2.79. The standard InChI is InChI=1S/C18H24N2O5/c1-18(2,3)25-17(22)20-13(16(21)24-5)9-11-10-19-15-12(11)7-6-8-14(15)23-4/h6-8,10,13,19H,9H2,1-5H3,(H,20,22)/t13-/m0/s1. The van der Waals surface area contributed by atoms with E-state index in [1.165, 1.54) is 7.11 Å². The Bertz CT molecular complexity index is 760. The van der Waals surface area contributed by atoms with Gasteiger partial charge in [-0.15, -0.1) is 0 Å². The number of amides is 1. The number of methoxy groups -OCH3 is 2. The molecule has 7 heteroatoms. The summed E-state index contributed by atoms with van der Waals surface area (Å²) in [5.74, 6) is 0.168. The molecule has 0 spiro atoms. The highest BCUT2D eigenvalue weighted by Gasteiger charge is 2.26. The van der Waals surface area contributed by atoms with Gasteiger partial charge >= 0.3 is 12.1 Å². The van der Waals surface area contributed by atoms with Crippen LogP contribution in [0.25, 0.3) is 10.9 Å². The van der Waals surface area contributed by atoms with E-state index in [4.69, 9.17) is 14.2 Å². The van der Waals surface area contributed by atoms with Crippen LogP contribution in [-0.2, 0) is 20.7 Å². The first kappa shape index (κ1) is 18.6. The highest BCUT2D eigenvalue weighted by Crippen LogP contribution is 2.27. The normalized spacial score (nSPS) is 12.5. The van der Waals surface area contributed by atoms with Crippen LogP contribution in [0.15, 0.2) is 24.4 Å². The third-order valence-corrected chi connectivity index (χ3v) is 3.58. The molecular formula is C18H24N2O5. The summed E-state index contributed by atoms with van der Waals surface area (Å²) in [6.07, 6.45) is 1.39. The zero-order valence-electron chi connectivity index (χ0n) is 15.1. The van der Waals surface area contributed by atoms with E-state index in [2.05, 4.69) is 10.3 Å². The van der Waals surface area contributed by atoms with Crippen molar-refractivity contribution in [2.45, 2.75) is 38.8 Å². The van der Waals surface area contributed by atoms with E-state index in [1.807, 2.05) is 18.2 Å². The van der Waals surface area contributed by atoms with Gasteiger partial charge in [0.15, 0.2) is 0 Å². The third-order valence-electron chi connectivity index (χ3n) is 3.58. The number of carbonyl (C=O) groups is 2. The van der Waals surface area contributed by atoms with Gasteiger partial charge in [0.2, 0.25) is 0 Å². The first-order valence-corrected chi connectivity index (χ1v) is 7.95. The van der Waals surface area contributed by atoms with E-state index in [9.17, 15) is 9.59 Å². The Morgan fingerprint density at radius 2 is 1.96 bits per heavy atom. The first-order chi connectivity index (χ1) is 11.7. The van der Waals surface area contributed by atoms with Gasteiger partial charge in [0, 0.05) is 18.0 Å². The van der Waals surface area contributed by atoms with Crippen LogP contribution in [0, 0.1) is 0 Å². The van der Waals surface area contributed by atoms with Gasteiger partial charge in [-0.1, -0.05) is 12.1 Å². The van der Waals surface area contributed by atoms with Gasteiger partial charge in [-0.05, 0) is 32.4 Å². The maximum absolute atomic E-state index is 12.1. The SMILES string of the molecule is COC(=O)[C@H](Cc1c[nH]c2c(OC)cccc12)NC(=O)OC(C)(C)C. The van der Waals surface area contributed by atoms with E-state index in [0.717, 1.165) is 16.5 Å². The fraction of sp³-hybridized carbons (Fsp3) is 0.444. The number of carbonyl (C=O) groups excluding carboxylic acids is 2. The number of rotatable bonds is 5. The smallest absolute Gasteiger partial charge is 0.408 e. The summed E-state index contributed by atoms with van der Waals surface area (Å²) in [4.78, 5) is 27.2. The largest absolute Gasteiger partial charge is 0.495 e. The summed E-state index contributed by atoms with van der Waals surface area (Å²) in [6, 6.07) is 4.78. The molecule has 0 unspecified atom stereocenters. The number of aromatic amines is 1. The number of hydrogen-bond donors (Lipinski definition) is 2. The lowest BCUT2D eigenvalue weighted by Crippen LogP contribution is -2.45. The molecule has 2 rings (SSSR count). The zero-order chi connectivity index (χ0) is 18.6. The van der Waals surface area contributed by atoms with Gasteiger partial charge in [0.1, 0.15) is 17.4 Å². The van der Waals surface area contributed by atoms with Crippen LogP contribution in [0.1, 0.15) is 26.3 Å². The van der Waals surface area contributed by atoms with Crippen LogP contribution >= 0.6 is 0 Å². The third kappa shape index (κ3) is 4.65. The molecule has 1 heterocycles. The van der Waals surface area contributed by atoms with Crippen molar-refractivity contribution in [2.75, 3.05) is 14.2 Å². The Labute approximate surface area is 146 Å². The zero-order valence-corrected chi connectivity index (χ0v) is 15.1. The van der Waals surface area contributed by atoms with Gasteiger partial charge in [-0.3, -0.25) is 0 Å². The van der Waals surface area contributed by atoms with Gasteiger partial charge in [-0.2, -0.15) is 0 Å². The summed E-state index contributed by atoms with van der Waals surface area (Å²) < 4.78 is 15.3. The number of fused-ring (bicyclic) bond motifs is 1. The highest BCUT2D eigenvalue weighted by molar-refractivity contribution is 5.89. The number of benzene rings is 1. The summed E-state index contributed by atoms with van der Waals surface area (Å²) in [7, 11) is 2.88. The number of ether oxygens (including phenoxy) is 3. The Morgan fingerprint density at radius 3 is 2.56 bits per heavy atom. The molecule has 2 N–H and O–H groups in total. The summed E-state index contributed by atoms with van der Waals surface area (Å²) in [6.45, 7) is 5.27. The molecule has 2 aromatic rings. The van der Waals surface area contributed by atoms with Crippen molar-refractivity contribution in [3.8, 4) is 5.75 Å². The molecule has 0 aliphatic heterocycles. The van der Waals surface area contributed by atoms with Crippen LogP contribution in [0.2, 0.25) is 0 Å². The summed E-state index contributed by atoms with van der Waals surface area (Å²) in [5.41, 5.74) is 1.04. The molecule has 0 bridgehead atoms. The Hall–Kier alpha value is -2.70. The van der Waals surface area contributed by atoms with Crippen molar-refractivity contribution in [2.24, 2.45) is 0 Å². The predicted molar refractivity (Wildman–Crippen MR) is 93.7 cm³/mol. The second-order valence-corrected chi connectivity index (χ2v) is 6.62. The molecule has 136 valence electrons. The highest BCUT2D eigenvalue weighted by atomic mass is 16.6. The molecule has 0 fully saturated rings. The minimum Gasteiger partial charge on any atom is -0.495 e. The Morgan fingerprint density at radius 1 is 1.24 bits per heavy atom. The van der Waals surface area contributed by atoms with Crippen molar-refractivity contribution in [3.05, 3.63) is 30.0 Å². The molecule has 1 atom stereocenters. The van der Waals surface area contributed by atoms with Crippen molar-refractivity contribution < 1.29 is 23.8 Å². The molecule has 0 radical (unpaired) electrons. The van der Waals surface area contributed by atoms with Crippen molar-refractivity contribution in [3.63, 3.8) is 0 Å². The Kier molecular flexibility index (Phi) is 5.56. The quantitative estimate of drug-likeness (QED) is 0.811. The fourth-order valence-electron chi connectivity index (χ4n) is 2.53. The van der Waals surface area contributed by atoms with Crippen LogP contribution in [0.5, 0.6) is 5.75 Å². The van der Waals surface area contributed by atoms with Crippen LogP contribution in [0.3, 0.4) is 0 Å². The minimum absolute atomic E-state index is 0.263. The number of alkyl carbamates (subject to hydrolysis) is 1. The van der Waals surface area contributed by atoms with E-state index in [0.29, 0.717) is 5.75 Å². The lowest BCUT2D eigenvalue weighted by Gasteiger charge is -2.22. The first-order valence-electron chi connectivity index (χ1n) is 7.95. The molecule has 0 saturated heterocycles. The van der Waals surface area contributed by atoms with Gasteiger partial charge < -0.3 is 24.5 Å². The lowest BCUT2D eigenvalue weighted by atomic mass is 10.0. The van der Waals surface area contributed by atoms with Crippen LogP contribution < -0.4 is 10.1 Å². The number of aromatic nitrogens is 1. The van der Waals surface area contributed by atoms with Crippen LogP contribution in [0.4, 0.5) is 4.79 Å². The van der Waals surface area contributed by atoms with E-state index in [-0.39, 0.29) is 6.42 Å². The van der Waals surface area contributed by atoms with Crippen molar-refractivity contribution >= 4 is 23.0 Å². The average Bonchev–Trinajstić information content (AvgIpc) is 2.94. The second kappa shape index (κ2) is 7.46. The maximum atomic E-state index is 12.1. The second-order valence-electron chi connectivity index (χ2n) is 6.62. The molecule has 25 heavy (non-hydrogen) atoms. The number of para-hydroxylation sites is 1. The van der Waals surface area contributed by atoms with Crippen molar-refractivity contribution in [1.82, 2.24) is 10.3 Å². The monoisotopic (exact) mass is 348 g/mol. The molecule has 1 aromatic heterocycles. The summed E-state index contributed by atoms with van der Waals surface area (Å²) in [5, 5.41) is 3.49. The van der Waals surface area contributed by atoms with E-state index in [1.54, 1.807) is 34.1 Å². The lowest BCUT2D eigenvalue weighted by molar-refractivity contribution is -0.143. The number of esters is 1. The molecule has 1 aromatic carbocycles. The van der Waals surface area contributed by atoms with E-state index >= 15 is 0 Å². The van der Waals surface area contributed by atoms with Gasteiger partial charge in [-0.25, -0.2) is 9.59 Å². The Balaban J connectivity index is 2.23. The maximum Gasteiger partial charge on any atom is 0.408 e. The molecule has 1 amide bonds. The van der Waals surface area contributed by atoms with Gasteiger partial charge in [0.25, 0.3) is 0 Å². The molecular weight excluding hydrogens is 324 g/mol. The average molecular weight is 348 g/mol. The molecule has 7 nitrogen and oxygen atoms in total. The van der Waals surface area contributed by atoms with E-state index < -0.39 is 23.7 Å².